The highest BCUT2D eigenvalue weighted by Gasteiger charge is 2.38. The van der Waals surface area contributed by atoms with Gasteiger partial charge in [-0.25, -0.2) is 19.6 Å². The van der Waals surface area contributed by atoms with Crippen molar-refractivity contribution >= 4 is 44.9 Å². The Kier molecular flexibility index (Phi) is 12.9. The van der Waals surface area contributed by atoms with Crippen LogP contribution in [-0.4, -0.2) is 97.7 Å². The van der Waals surface area contributed by atoms with Crippen LogP contribution in [0.2, 0.25) is 0 Å². The molecule has 0 bridgehead atoms. The molecule has 4 rings (SSSR count). The Labute approximate surface area is 253 Å². The molecular weight excluding hydrogens is 676 g/mol. The number of halogens is 7. The van der Waals surface area contributed by atoms with E-state index in [1.807, 2.05) is 30.3 Å². The van der Waals surface area contributed by atoms with E-state index in [0.717, 1.165) is 53.0 Å². The zero-order valence-electron chi connectivity index (χ0n) is 22.4. The lowest BCUT2D eigenvalue weighted by molar-refractivity contribution is -0.193. The quantitative estimate of drug-likeness (QED) is 0.228. The Balaban J connectivity index is 0.000000402. The van der Waals surface area contributed by atoms with E-state index in [0.29, 0.717) is 12.3 Å². The number of β-amino-alcohol motifs (C(OH)–C–C–N with tert-alkyl or cyclic N) is 1. The number of rotatable bonds is 7. The summed E-state index contributed by atoms with van der Waals surface area (Å²) in [5.74, 6) is -4.37. The molecule has 6 N–H and O–H groups in total. The number of fused-ring (bicyclic) bond motifs is 1. The van der Waals surface area contributed by atoms with Gasteiger partial charge < -0.3 is 35.7 Å². The number of nitrogens with one attached hydrogen (secondary N) is 1. The van der Waals surface area contributed by atoms with E-state index < -0.39 is 30.4 Å². The lowest BCUT2D eigenvalue weighted by Crippen LogP contribution is -2.43. The Hall–Kier alpha value is -3.97. The van der Waals surface area contributed by atoms with E-state index in [1.165, 1.54) is 0 Å². The van der Waals surface area contributed by atoms with Crippen LogP contribution in [0.3, 0.4) is 0 Å². The fraction of sp³-hybridized carbons (Fsp3) is 0.400. The topological polar surface area (TPSA) is 192 Å². The lowest BCUT2D eigenvalue weighted by Gasteiger charge is -2.31. The van der Waals surface area contributed by atoms with Gasteiger partial charge in [-0.1, -0.05) is 0 Å². The summed E-state index contributed by atoms with van der Waals surface area (Å²) in [5.41, 5.74) is 7.81. The molecule has 1 unspecified atom stereocenters. The summed E-state index contributed by atoms with van der Waals surface area (Å²) in [7, 11) is 0. The normalized spacial score (nSPS) is 14.9. The molecule has 1 atom stereocenters. The maximum atomic E-state index is 11.2. The molecule has 0 aliphatic carbocycles. The second-order valence-electron chi connectivity index (χ2n) is 9.18. The zero-order chi connectivity index (χ0) is 33.2. The van der Waals surface area contributed by atoms with Gasteiger partial charge in [-0.05, 0) is 72.2 Å². The number of carboxylic acids is 2. The molecule has 12 nitrogen and oxygen atoms in total. The molecule has 0 spiro atoms. The summed E-state index contributed by atoms with van der Waals surface area (Å²) in [6.07, 6.45) is -7.54. The van der Waals surface area contributed by atoms with Gasteiger partial charge in [0.1, 0.15) is 29.8 Å². The second-order valence-corrected chi connectivity index (χ2v) is 10.1. The number of likely N-dealkylation sites (tertiary alicyclic amines) is 1. The number of aliphatic hydroxyl groups excluding tert-OH is 1. The van der Waals surface area contributed by atoms with Crippen molar-refractivity contribution in [2.45, 2.75) is 31.3 Å². The van der Waals surface area contributed by atoms with E-state index in [-0.39, 0.29) is 18.4 Å². The van der Waals surface area contributed by atoms with E-state index in [4.69, 9.17) is 30.3 Å². The van der Waals surface area contributed by atoms with Crippen LogP contribution in [0, 0.1) is 5.92 Å². The monoisotopic (exact) mass is 701 g/mol. The van der Waals surface area contributed by atoms with E-state index >= 15 is 0 Å². The summed E-state index contributed by atoms with van der Waals surface area (Å²) >= 11 is 3.40. The standard InChI is InChI=1S/C21H24BrN5O3.2C2HF3O2/c22-15-9-18-21(24-10-15)26-20(25-18)14-1-3-17(4-2-14)30-12-16(28)11-27-7-5-13(6-8-27)19(23)29;2*3-2(4,5)1(6)7/h1-4,9-10,13,16,28H,5-8,11-12H2,(H2,23,29)(H,24,25,26);2*(H,6,7). The van der Waals surface area contributed by atoms with Crippen LogP contribution >= 0.6 is 15.9 Å². The predicted octanol–water partition coefficient (Wildman–Crippen LogP) is 3.59. The number of hydrogen-bond donors (Lipinski definition) is 5. The summed E-state index contributed by atoms with van der Waals surface area (Å²) in [4.78, 5) is 43.3. The number of imidazole rings is 1. The van der Waals surface area contributed by atoms with Crippen molar-refractivity contribution in [3.05, 3.63) is 41.0 Å². The molecule has 1 aliphatic heterocycles. The molecule has 1 saturated heterocycles. The number of amides is 1. The van der Waals surface area contributed by atoms with Crippen molar-refractivity contribution in [1.82, 2.24) is 19.9 Å². The number of carbonyl (C=O) groups excluding carboxylic acids is 1. The van der Waals surface area contributed by atoms with Crippen LogP contribution in [0.1, 0.15) is 12.8 Å². The van der Waals surface area contributed by atoms with Gasteiger partial charge in [0, 0.05) is 28.7 Å². The third-order valence-corrected chi connectivity index (χ3v) is 6.25. The van der Waals surface area contributed by atoms with Crippen molar-refractivity contribution in [3.8, 4) is 17.1 Å². The minimum Gasteiger partial charge on any atom is -0.491 e. The molecule has 0 radical (unpaired) electrons. The van der Waals surface area contributed by atoms with E-state index in [2.05, 4.69) is 35.8 Å². The number of nitrogens with two attached hydrogens (primary N) is 1. The Bertz CT molecular complexity index is 1390. The average molecular weight is 702 g/mol. The number of nitrogens with zero attached hydrogens (tertiary/aromatic N) is 3. The third kappa shape index (κ3) is 12.0. The summed E-state index contributed by atoms with van der Waals surface area (Å²) in [6.45, 7) is 2.26. The number of aromatic nitrogens is 3. The molecule has 3 aromatic rings. The molecular formula is C25H26BrF6N5O7. The van der Waals surface area contributed by atoms with Gasteiger partial charge in [0.25, 0.3) is 0 Å². The maximum absolute atomic E-state index is 11.2. The molecule has 2 aromatic heterocycles. The maximum Gasteiger partial charge on any atom is 0.490 e. The molecule has 3 heterocycles. The highest BCUT2D eigenvalue weighted by Crippen LogP contribution is 2.24. The Morgan fingerprint density at radius 1 is 1.05 bits per heavy atom. The van der Waals surface area contributed by atoms with Gasteiger partial charge in [-0.3, -0.25) is 4.79 Å². The predicted molar refractivity (Wildman–Crippen MR) is 144 cm³/mol. The highest BCUT2D eigenvalue weighted by atomic mass is 79.9. The number of carbonyl (C=O) groups is 3. The van der Waals surface area contributed by atoms with Crippen LogP contribution in [0.15, 0.2) is 41.0 Å². The molecule has 1 aliphatic rings. The largest absolute Gasteiger partial charge is 0.491 e. The van der Waals surface area contributed by atoms with Gasteiger partial charge in [0.15, 0.2) is 5.65 Å². The van der Waals surface area contributed by atoms with E-state index in [9.17, 15) is 36.2 Å². The van der Waals surface area contributed by atoms with Crippen molar-refractivity contribution < 1.29 is 60.8 Å². The molecule has 44 heavy (non-hydrogen) atoms. The SMILES string of the molecule is NC(=O)C1CCN(CC(O)COc2ccc(-c3nc4cc(Br)cnc4[nH]3)cc2)CC1.O=C(O)C(F)(F)F.O=C(O)C(F)(F)F. The number of aliphatic carboxylic acids is 2. The van der Waals surface area contributed by atoms with Gasteiger partial charge in [-0.15, -0.1) is 0 Å². The fourth-order valence-electron chi connectivity index (χ4n) is 3.66. The average Bonchev–Trinajstić information content (AvgIpc) is 3.35. The summed E-state index contributed by atoms with van der Waals surface area (Å²) in [6, 6.07) is 9.47. The number of aromatic amines is 1. The number of pyridine rings is 1. The number of aliphatic hydroxyl groups is 1. The number of piperidine rings is 1. The Morgan fingerprint density at radius 3 is 2.05 bits per heavy atom. The van der Waals surface area contributed by atoms with Gasteiger partial charge in [-0.2, -0.15) is 26.3 Å². The number of carboxylic acid groups (broad SMARTS) is 2. The zero-order valence-corrected chi connectivity index (χ0v) is 24.0. The lowest BCUT2D eigenvalue weighted by atomic mass is 9.96. The van der Waals surface area contributed by atoms with E-state index in [1.54, 1.807) is 6.20 Å². The van der Waals surface area contributed by atoms with Crippen molar-refractivity contribution in [2.75, 3.05) is 26.2 Å². The van der Waals surface area contributed by atoms with Crippen LogP contribution in [0.4, 0.5) is 26.3 Å². The first-order valence-electron chi connectivity index (χ1n) is 12.4. The molecule has 1 amide bonds. The fourth-order valence-corrected chi connectivity index (χ4v) is 3.98. The second kappa shape index (κ2) is 15.7. The smallest absolute Gasteiger partial charge is 0.490 e. The Morgan fingerprint density at radius 2 is 1.57 bits per heavy atom. The molecule has 1 aromatic carbocycles. The van der Waals surface area contributed by atoms with Gasteiger partial charge in [0.2, 0.25) is 5.91 Å². The van der Waals surface area contributed by atoms with Gasteiger partial charge in [0.05, 0.1) is 0 Å². The molecule has 19 heteroatoms. The third-order valence-electron chi connectivity index (χ3n) is 5.82. The number of ether oxygens (including phenoxy) is 1. The number of benzene rings is 1. The first kappa shape index (κ1) is 36.2. The van der Waals surface area contributed by atoms with Crippen LogP contribution < -0.4 is 10.5 Å². The van der Waals surface area contributed by atoms with Crippen molar-refractivity contribution in [1.29, 1.82) is 0 Å². The van der Waals surface area contributed by atoms with Crippen LogP contribution in [0.5, 0.6) is 5.75 Å². The minimum atomic E-state index is -5.08. The van der Waals surface area contributed by atoms with Gasteiger partial charge >= 0.3 is 24.3 Å². The molecule has 0 saturated carbocycles. The first-order valence-corrected chi connectivity index (χ1v) is 13.2. The summed E-state index contributed by atoms with van der Waals surface area (Å²) in [5, 5.41) is 24.5. The minimum absolute atomic E-state index is 0.0442. The first-order chi connectivity index (χ1) is 20.4. The number of hydrogen-bond acceptors (Lipinski definition) is 8. The van der Waals surface area contributed by atoms with Crippen LogP contribution in [-0.2, 0) is 14.4 Å². The van der Waals surface area contributed by atoms with Crippen LogP contribution in [0.25, 0.3) is 22.6 Å². The summed E-state index contributed by atoms with van der Waals surface area (Å²) < 4.78 is 70.1. The molecule has 242 valence electrons. The highest BCUT2D eigenvalue weighted by molar-refractivity contribution is 9.10. The molecule has 1 fully saturated rings. The van der Waals surface area contributed by atoms with Crippen molar-refractivity contribution in [2.24, 2.45) is 11.7 Å². The number of H-pyrrole nitrogens is 1. The van der Waals surface area contributed by atoms with Crippen molar-refractivity contribution in [3.63, 3.8) is 0 Å². The number of primary amides is 1. The number of alkyl halides is 6.